The van der Waals surface area contributed by atoms with E-state index < -0.39 is 17.3 Å². The number of carboxylic acid groups (broad SMARTS) is 1. The fourth-order valence-corrected chi connectivity index (χ4v) is 1.97. The lowest BCUT2D eigenvalue weighted by molar-refractivity contribution is -0.148. The van der Waals surface area contributed by atoms with Gasteiger partial charge in [-0.2, -0.15) is 0 Å². The second-order valence-electron chi connectivity index (χ2n) is 6.26. The van der Waals surface area contributed by atoms with Crippen LogP contribution in [0, 0.1) is 5.41 Å². The minimum Gasteiger partial charge on any atom is -0.492 e. The molecule has 0 saturated heterocycles. The first kappa shape index (κ1) is 19.5. The van der Waals surface area contributed by atoms with Gasteiger partial charge in [0.15, 0.2) is 0 Å². The zero-order valence-electron chi connectivity index (χ0n) is 14.7. The summed E-state index contributed by atoms with van der Waals surface area (Å²) < 4.78 is 5.45. The Labute approximate surface area is 141 Å². The van der Waals surface area contributed by atoms with Gasteiger partial charge in [0.25, 0.3) is 5.91 Å². The molecule has 7 heteroatoms. The highest BCUT2D eigenvalue weighted by molar-refractivity contribution is 5.99. The fraction of sp³-hybridized carbons (Fsp3) is 0.471. The summed E-state index contributed by atoms with van der Waals surface area (Å²) in [4.78, 5) is 36.8. The summed E-state index contributed by atoms with van der Waals surface area (Å²) in [7, 11) is 3.26. The molecule has 0 atom stereocenters. The van der Waals surface area contributed by atoms with Crippen molar-refractivity contribution in [1.29, 1.82) is 0 Å². The Morgan fingerprint density at radius 1 is 1.25 bits per heavy atom. The van der Waals surface area contributed by atoms with Crippen LogP contribution in [0.5, 0.6) is 5.75 Å². The maximum absolute atomic E-state index is 12.2. The molecule has 1 aromatic carbocycles. The third-order valence-electron chi connectivity index (χ3n) is 3.39. The first-order chi connectivity index (χ1) is 11.1. The van der Waals surface area contributed by atoms with Crippen molar-refractivity contribution in [2.24, 2.45) is 5.41 Å². The average molecular weight is 336 g/mol. The normalized spacial score (nSPS) is 10.9. The van der Waals surface area contributed by atoms with Gasteiger partial charge >= 0.3 is 5.97 Å². The molecule has 7 nitrogen and oxygen atoms in total. The predicted molar refractivity (Wildman–Crippen MR) is 90.3 cm³/mol. The smallest absolute Gasteiger partial charge is 0.309 e. The van der Waals surface area contributed by atoms with Gasteiger partial charge in [-0.25, -0.2) is 0 Å². The second-order valence-corrected chi connectivity index (χ2v) is 6.26. The lowest BCUT2D eigenvalue weighted by Crippen LogP contribution is -2.29. The van der Waals surface area contributed by atoms with Crippen molar-refractivity contribution in [3.05, 3.63) is 23.8 Å². The topological polar surface area (TPSA) is 95.9 Å². The number of hydrogen-bond acceptors (Lipinski definition) is 4. The molecule has 0 aliphatic carbocycles. The molecule has 2 N–H and O–H groups in total. The maximum atomic E-state index is 12.2. The van der Waals surface area contributed by atoms with Crippen LogP contribution in [-0.4, -0.2) is 48.5 Å². The van der Waals surface area contributed by atoms with Crippen molar-refractivity contribution in [1.82, 2.24) is 4.90 Å². The number of hydrogen-bond donors (Lipinski definition) is 2. The molecule has 2 amide bonds. The summed E-state index contributed by atoms with van der Waals surface area (Å²) in [6.07, 6.45) is -0.195. The molecule has 0 aliphatic rings. The van der Waals surface area contributed by atoms with E-state index in [4.69, 9.17) is 9.84 Å². The van der Waals surface area contributed by atoms with Gasteiger partial charge < -0.3 is 20.1 Å². The monoisotopic (exact) mass is 336 g/mol. The van der Waals surface area contributed by atoms with Gasteiger partial charge in [0.05, 0.1) is 17.7 Å². The number of aliphatic carboxylic acids is 1. The largest absolute Gasteiger partial charge is 0.492 e. The number of ether oxygens (including phenoxy) is 1. The summed E-state index contributed by atoms with van der Waals surface area (Å²) in [6, 6.07) is 4.75. The number of rotatable bonds is 7. The van der Waals surface area contributed by atoms with Crippen LogP contribution in [-0.2, 0) is 9.59 Å². The van der Waals surface area contributed by atoms with E-state index >= 15 is 0 Å². The molecule has 0 radical (unpaired) electrons. The van der Waals surface area contributed by atoms with E-state index in [1.54, 1.807) is 33.2 Å². The lowest BCUT2D eigenvalue weighted by Gasteiger charge is -2.19. The van der Waals surface area contributed by atoms with Crippen molar-refractivity contribution in [3.63, 3.8) is 0 Å². The van der Waals surface area contributed by atoms with Gasteiger partial charge in [-0.05, 0) is 39.0 Å². The number of nitrogens with one attached hydrogen (secondary N) is 1. The minimum atomic E-state index is -1.19. The quantitative estimate of drug-likeness (QED) is 0.796. The van der Waals surface area contributed by atoms with E-state index in [2.05, 4.69) is 5.32 Å². The van der Waals surface area contributed by atoms with E-state index in [-0.39, 0.29) is 12.3 Å². The third-order valence-corrected chi connectivity index (χ3v) is 3.39. The van der Waals surface area contributed by atoms with Crippen molar-refractivity contribution in [2.45, 2.75) is 27.2 Å². The van der Waals surface area contributed by atoms with Gasteiger partial charge in [-0.3, -0.25) is 14.4 Å². The van der Waals surface area contributed by atoms with E-state index in [1.165, 1.54) is 24.8 Å². The highest BCUT2D eigenvalue weighted by Gasteiger charge is 2.30. The van der Waals surface area contributed by atoms with E-state index in [1.807, 2.05) is 0 Å². The SMILES string of the molecule is CCOc1ccc(C(=O)N(C)C)cc1NC(=O)CC(C)(C)C(=O)O. The molecule has 0 fully saturated rings. The number of nitrogens with zero attached hydrogens (tertiary/aromatic N) is 1. The highest BCUT2D eigenvalue weighted by atomic mass is 16.5. The highest BCUT2D eigenvalue weighted by Crippen LogP contribution is 2.28. The first-order valence-corrected chi connectivity index (χ1v) is 7.60. The second kappa shape index (κ2) is 7.81. The molecule has 0 spiro atoms. The van der Waals surface area contributed by atoms with E-state index in [9.17, 15) is 14.4 Å². The van der Waals surface area contributed by atoms with Crippen LogP contribution in [0.25, 0.3) is 0 Å². The molecule has 132 valence electrons. The summed E-state index contributed by atoms with van der Waals surface area (Å²) in [5.74, 6) is -1.30. The Kier molecular flexibility index (Phi) is 6.34. The van der Waals surface area contributed by atoms with Crippen LogP contribution in [0.2, 0.25) is 0 Å². The maximum Gasteiger partial charge on any atom is 0.309 e. The summed E-state index contributed by atoms with van der Waals surface area (Å²) in [6.45, 7) is 5.15. The number of benzene rings is 1. The predicted octanol–water partition coefficient (Wildman–Crippen LogP) is 2.23. The van der Waals surface area contributed by atoms with Gasteiger partial charge in [0.2, 0.25) is 5.91 Å². The van der Waals surface area contributed by atoms with Crippen LogP contribution in [0.3, 0.4) is 0 Å². The standard InChI is InChI=1S/C17H24N2O5/c1-6-24-13-8-7-11(15(21)19(4)5)9-12(13)18-14(20)10-17(2,3)16(22)23/h7-9H,6,10H2,1-5H3,(H,18,20)(H,22,23). The summed E-state index contributed by atoms with van der Waals surface area (Å²) >= 11 is 0. The Bertz CT molecular complexity index is 638. The molecular formula is C17H24N2O5. The van der Waals surface area contributed by atoms with Gasteiger partial charge in [-0.1, -0.05) is 0 Å². The van der Waals surface area contributed by atoms with Crippen molar-refractivity contribution >= 4 is 23.5 Å². The van der Waals surface area contributed by atoms with Crippen molar-refractivity contribution in [2.75, 3.05) is 26.0 Å². The average Bonchev–Trinajstić information content (AvgIpc) is 2.47. The molecule has 1 aromatic rings. The van der Waals surface area contributed by atoms with E-state index in [0.717, 1.165) is 0 Å². The van der Waals surface area contributed by atoms with E-state index in [0.29, 0.717) is 23.6 Å². The molecule has 1 rings (SSSR count). The zero-order chi connectivity index (χ0) is 18.5. The molecule has 0 bridgehead atoms. The van der Waals surface area contributed by atoms with Crippen LogP contribution < -0.4 is 10.1 Å². The Morgan fingerprint density at radius 2 is 1.88 bits per heavy atom. The number of carbonyl (C=O) groups excluding carboxylic acids is 2. The van der Waals surface area contributed by atoms with Crippen molar-refractivity contribution in [3.8, 4) is 5.75 Å². The van der Waals surface area contributed by atoms with Crippen LogP contribution in [0.1, 0.15) is 37.6 Å². The summed E-state index contributed by atoms with van der Waals surface area (Å²) in [5, 5.41) is 11.8. The number of carboxylic acids is 1. The number of carbonyl (C=O) groups is 3. The molecule has 24 heavy (non-hydrogen) atoms. The fourth-order valence-electron chi connectivity index (χ4n) is 1.97. The minimum absolute atomic E-state index is 0.195. The van der Waals surface area contributed by atoms with Crippen molar-refractivity contribution < 1.29 is 24.2 Å². The van der Waals surface area contributed by atoms with Gasteiger partial charge in [0.1, 0.15) is 5.75 Å². The molecular weight excluding hydrogens is 312 g/mol. The Morgan fingerprint density at radius 3 is 2.38 bits per heavy atom. The molecule has 0 heterocycles. The molecule has 0 saturated carbocycles. The van der Waals surface area contributed by atoms with Gasteiger partial charge in [-0.15, -0.1) is 0 Å². The molecule has 0 aromatic heterocycles. The Hall–Kier alpha value is -2.57. The van der Waals surface area contributed by atoms with Crippen LogP contribution in [0.4, 0.5) is 5.69 Å². The third kappa shape index (κ3) is 4.97. The van der Waals surface area contributed by atoms with Crippen LogP contribution >= 0.6 is 0 Å². The summed E-state index contributed by atoms with van der Waals surface area (Å²) in [5.41, 5.74) is -0.445. The molecule has 0 unspecified atom stereocenters. The first-order valence-electron chi connectivity index (χ1n) is 7.60. The van der Waals surface area contributed by atoms with Crippen LogP contribution in [0.15, 0.2) is 18.2 Å². The van der Waals surface area contributed by atoms with Gasteiger partial charge in [0, 0.05) is 26.1 Å². The number of anilines is 1. The lowest BCUT2D eigenvalue weighted by atomic mass is 9.89. The number of amides is 2. The zero-order valence-corrected chi connectivity index (χ0v) is 14.7. The Balaban J connectivity index is 3.06. The molecule has 0 aliphatic heterocycles.